The highest BCUT2D eigenvalue weighted by molar-refractivity contribution is 5.87. The van der Waals surface area contributed by atoms with Crippen molar-refractivity contribution >= 4 is 22.8 Å². The van der Waals surface area contributed by atoms with Crippen LogP contribution in [-0.2, 0) is 4.79 Å². The fourth-order valence-electron chi connectivity index (χ4n) is 3.16. The first kappa shape index (κ1) is 15.6. The highest BCUT2D eigenvalue weighted by Gasteiger charge is 2.19. The molecular weight excluding hydrogens is 316 g/mol. The van der Waals surface area contributed by atoms with Gasteiger partial charge in [-0.3, -0.25) is 4.79 Å². The molecule has 128 valence electrons. The lowest BCUT2D eigenvalue weighted by atomic mass is 10.3. The topological polar surface area (TPSA) is 75.9 Å². The fourth-order valence-corrected chi connectivity index (χ4v) is 3.16. The molecule has 3 aromatic rings. The smallest absolute Gasteiger partial charge is 0.222 e. The molecule has 1 aromatic carbocycles. The monoisotopic (exact) mass is 336 g/mol. The van der Waals surface area contributed by atoms with E-state index in [1.54, 1.807) is 12.5 Å². The predicted octanol–water partition coefficient (Wildman–Crippen LogP) is 2.24. The standard InChI is InChI=1S/C18H20N6O/c25-16-8-4-10-23(16)11-5-9-19-17-15-12-22-24(18(15)21-13-20-17)14-6-2-1-3-7-14/h1-3,6-7,12-13H,4-5,8-11H2,(H,19,20,21). The summed E-state index contributed by atoms with van der Waals surface area (Å²) in [4.78, 5) is 22.3. The summed E-state index contributed by atoms with van der Waals surface area (Å²) in [6, 6.07) is 9.91. The van der Waals surface area contributed by atoms with Crippen molar-refractivity contribution < 1.29 is 4.79 Å². The number of benzene rings is 1. The van der Waals surface area contributed by atoms with Crippen molar-refractivity contribution in [1.29, 1.82) is 0 Å². The molecule has 0 saturated carbocycles. The Hall–Kier alpha value is -2.96. The van der Waals surface area contributed by atoms with Crippen molar-refractivity contribution in [3.05, 3.63) is 42.9 Å². The van der Waals surface area contributed by atoms with Gasteiger partial charge in [0.15, 0.2) is 5.65 Å². The van der Waals surface area contributed by atoms with E-state index in [9.17, 15) is 4.79 Å². The zero-order valence-electron chi connectivity index (χ0n) is 13.9. The van der Waals surface area contributed by atoms with Gasteiger partial charge in [-0.05, 0) is 25.0 Å². The summed E-state index contributed by atoms with van der Waals surface area (Å²) in [6.45, 7) is 2.44. The van der Waals surface area contributed by atoms with E-state index in [4.69, 9.17) is 0 Å². The number of aromatic nitrogens is 4. The SMILES string of the molecule is O=C1CCCN1CCCNc1ncnc2c1cnn2-c1ccccc1. The molecule has 3 heterocycles. The first-order valence-corrected chi connectivity index (χ1v) is 8.59. The van der Waals surface area contributed by atoms with Gasteiger partial charge in [-0.2, -0.15) is 5.10 Å². The van der Waals surface area contributed by atoms with Gasteiger partial charge in [0.1, 0.15) is 12.1 Å². The third-order valence-corrected chi connectivity index (χ3v) is 4.44. The van der Waals surface area contributed by atoms with E-state index >= 15 is 0 Å². The average Bonchev–Trinajstić information content (AvgIpc) is 3.26. The normalized spacial score (nSPS) is 14.4. The van der Waals surface area contributed by atoms with Crippen LogP contribution in [0, 0.1) is 0 Å². The van der Waals surface area contributed by atoms with Crippen LogP contribution in [0.15, 0.2) is 42.9 Å². The number of fused-ring (bicyclic) bond motifs is 1. The van der Waals surface area contributed by atoms with E-state index in [1.165, 1.54) is 0 Å². The van der Waals surface area contributed by atoms with Crippen LogP contribution in [0.3, 0.4) is 0 Å². The summed E-state index contributed by atoms with van der Waals surface area (Å²) in [5, 5.41) is 8.69. The molecule has 4 rings (SSSR count). The third-order valence-electron chi connectivity index (χ3n) is 4.44. The number of amides is 1. The van der Waals surface area contributed by atoms with E-state index in [-0.39, 0.29) is 5.91 Å². The molecule has 0 unspecified atom stereocenters. The van der Waals surface area contributed by atoms with E-state index in [0.29, 0.717) is 6.42 Å². The van der Waals surface area contributed by atoms with E-state index in [2.05, 4.69) is 20.4 Å². The lowest BCUT2D eigenvalue weighted by molar-refractivity contribution is -0.127. The number of carbonyl (C=O) groups is 1. The molecule has 0 atom stereocenters. The summed E-state index contributed by atoms with van der Waals surface area (Å²) in [7, 11) is 0. The lowest BCUT2D eigenvalue weighted by Crippen LogP contribution is -2.27. The molecule has 0 spiro atoms. The number of anilines is 1. The van der Waals surface area contributed by atoms with Gasteiger partial charge in [-0.1, -0.05) is 18.2 Å². The number of nitrogens with one attached hydrogen (secondary N) is 1. The zero-order chi connectivity index (χ0) is 17.1. The van der Waals surface area contributed by atoms with Gasteiger partial charge in [0.25, 0.3) is 0 Å². The Labute approximate surface area is 145 Å². The minimum atomic E-state index is 0.272. The predicted molar refractivity (Wildman–Crippen MR) is 95.6 cm³/mol. The third kappa shape index (κ3) is 3.17. The van der Waals surface area contributed by atoms with Crippen molar-refractivity contribution in [3.8, 4) is 5.69 Å². The van der Waals surface area contributed by atoms with Crippen molar-refractivity contribution in [2.24, 2.45) is 0 Å². The maximum absolute atomic E-state index is 11.6. The number of carbonyl (C=O) groups excluding carboxylic acids is 1. The molecule has 1 N–H and O–H groups in total. The number of hydrogen-bond donors (Lipinski definition) is 1. The number of rotatable bonds is 6. The molecular formula is C18H20N6O. The van der Waals surface area contributed by atoms with Crippen molar-refractivity contribution in [3.63, 3.8) is 0 Å². The zero-order valence-corrected chi connectivity index (χ0v) is 13.9. The molecule has 0 radical (unpaired) electrons. The van der Waals surface area contributed by atoms with Crippen LogP contribution in [0.5, 0.6) is 0 Å². The summed E-state index contributed by atoms with van der Waals surface area (Å²) >= 11 is 0. The van der Waals surface area contributed by atoms with Crippen molar-refractivity contribution in [2.75, 3.05) is 25.0 Å². The molecule has 7 heteroatoms. The van der Waals surface area contributed by atoms with Crippen LogP contribution in [0.1, 0.15) is 19.3 Å². The molecule has 25 heavy (non-hydrogen) atoms. The van der Waals surface area contributed by atoms with Crippen LogP contribution in [0.25, 0.3) is 16.7 Å². The Kier molecular flexibility index (Phi) is 4.28. The molecule has 0 aliphatic carbocycles. The lowest BCUT2D eigenvalue weighted by Gasteiger charge is -2.15. The highest BCUT2D eigenvalue weighted by atomic mass is 16.2. The second kappa shape index (κ2) is 6.88. The fraction of sp³-hybridized carbons (Fsp3) is 0.333. The number of likely N-dealkylation sites (tertiary alicyclic amines) is 1. The van der Waals surface area contributed by atoms with E-state index in [1.807, 2.05) is 39.9 Å². The number of nitrogens with zero attached hydrogens (tertiary/aromatic N) is 5. The molecule has 1 aliphatic heterocycles. The van der Waals surface area contributed by atoms with E-state index in [0.717, 1.165) is 55.0 Å². The molecule has 2 aromatic heterocycles. The first-order valence-electron chi connectivity index (χ1n) is 8.59. The quantitative estimate of drug-likeness (QED) is 0.699. The summed E-state index contributed by atoms with van der Waals surface area (Å²) < 4.78 is 1.81. The van der Waals surface area contributed by atoms with Crippen LogP contribution < -0.4 is 5.32 Å². The Balaban J connectivity index is 1.45. The maximum atomic E-state index is 11.6. The Morgan fingerprint density at radius 3 is 2.84 bits per heavy atom. The highest BCUT2D eigenvalue weighted by Crippen LogP contribution is 2.21. The van der Waals surface area contributed by atoms with Gasteiger partial charge in [-0.15, -0.1) is 0 Å². The summed E-state index contributed by atoms with van der Waals surface area (Å²) in [6.07, 6.45) is 5.91. The second-order valence-electron chi connectivity index (χ2n) is 6.12. The van der Waals surface area contributed by atoms with Gasteiger partial charge < -0.3 is 10.2 Å². The van der Waals surface area contributed by atoms with Gasteiger partial charge in [0.05, 0.1) is 17.3 Å². The van der Waals surface area contributed by atoms with Crippen LogP contribution in [0.4, 0.5) is 5.82 Å². The molecule has 0 bridgehead atoms. The minimum Gasteiger partial charge on any atom is -0.369 e. The number of hydrogen-bond acceptors (Lipinski definition) is 5. The Bertz CT molecular complexity index is 876. The Morgan fingerprint density at radius 1 is 1.16 bits per heavy atom. The summed E-state index contributed by atoms with van der Waals surface area (Å²) in [5.74, 6) is 1.05. The first-order chi connectivity index (χ1) is 12.3. The second-order valence-corrected chi connectivity index (χ2v) is 6.12. The average molecular weight is 336 g/mol. The van der Waals surface area contributed by atoms with Crippen LogP contribution in [0.2, 0.25) is 0 Å². The van der Waals surface area contributed by atoms with Gasteiger partial charge in [-0.25, -0.2) is 14.6 Å². The van der Waals surface area contributed by atoms with Crippen LogP contribution in [-0.4, -0.2) is 50.2 Å². The number of para-hydroxylation sites is 1. The van der Waals surface area contributed by atoms with Crippen molar-refractivity contribution in [2.45, 2.75) is 19.3 Å². The molecule has 1 saturated heterocycles. The van der Waals surface area contributed by atoms with Gasteiger partial charge in [0, 0.05) is 26.1 Å². The maximum Gasteiger partial charge on any atom is 0.222 e. The Morgan fingerprint density at radius 2 is 2.04 bits per heavy atom. The minimum absolute atomic E-state index is 0.272. The van der Waals surface area contributed by atoms with Gasteiger partial charge >= 0.3 is 0 Å². The summed E-state index contributed by atoms with van der Waals surface area (Å²) in [5.41, 5.74) is 1.74. The molecule has 1 amide bonds. The van der Waals surface area contributed by atoms with Gasteiger partial charge in [0.2, 0.25) is 5.91 Å². The van der Waals surface area contributed by atoms with Crippen LogP contribution >= 0.6 is 0 Å². The molecule has 7 nitrogen and oxygen atoms in total. The van der Waals surface area contributed by atoms with Crippen molar-refractivity contribution in [1.82, 2.24) is 24.6 Å². The van der Waals surface area contributed by atoms with E-state index < -0.39 is 0 Å². The molecule has 1 aliphatic rings. The molecule has 1 fully saturated rings. The largest absolute Gasteiger partial charge is 0.369 e.